The molecule has 0 fully saturated rings. The zero-order valence-corrected chi connectivity index (χ0v) is 13.4. The first-order valence-electron chi connectivity index (χ1n) is 7.46. The van der Waals surface area contributed by atoms with Crippen LogP contribution < -0.4 is 5.32 Å². The summed E-state index contributed by atoms with van der Waals surface area (Å²) >= 11 is 0. The van der Waals surface area contributed by atoms with Crippen molar-refractivity contribution in [3.63, 3.8) is 0 Å². The monoisotopic (exact) mass is 337 g/mol. The summed E-state index contributed by atoms with van der Waals surface area (Å²) in [6.07, 6.45) is 1.70. The number of methoxy groups -OCH3 is 1. The number of ether oxygens (including phenoxy) is 1. The topological polar surface area (TPSA) is 99.0 Å². The quantitative estimate of drug-likeness (QED) is 0.711. The van der Waals surface area contributed by atoms with E-state index in [2.05, 4.69) is 25.6 Å². The molecule has 0 spiro atoms. The van der Waals surface area contributed by atoms with Gasteiger partial charge in [0.15, 0.2) is 0 Å². The van der Waals surface area contributed by atoms with Gasteiger partial charge < -0.3 is 10.1 Å². The maximum atomic E-state index is 12.2. The number of nitrogens with zero attached hydrogens (tertiary/aromatic N) is 4. The summed E-state index contributed by atoms with van der Waals surface area (Å²) < 4.78 is 6.20. The minimum atomic E-state index is -0.450. The summed E-state index contributed by atoms with van der Waals surface area (Å²) in [6.45, 7) is 0. The molecule has 0 aliphatic rings. The van der Waals surface area contributed by atoms with Gasteiger partial charge in [-0.05, 0) is 46.3 Å². The molecule has 0 radical (unpaired) electrons. The van der Waals surface area contributed by atoms with Crippen LogP contribution in [0.4, 0.5) is 5.69 Å². The number of carbonyl (C=O) groups is 2. The van der Waals surface area contributed by atoms with Crippen molar-refractivity contribution in [2.45, 2.75) is 6.42 Å². The van der Waals surface area contributed by atoms with E-state index in [-0.39, 0.29) is 12.3 Å². The SMILES string of the molecule is COC(=O)c1cccc(NC(=O)Cc2ccc(-n3cnnn3)cc2)c1. The van der Waals surface area contributed by atoms with Crippen LogP contribution in [0.15, 0.2) is 54.9 Å². The van der Waals surface area contributed by atoms with Gasteiger partial charge in [-0.2, -0.15) is 0 Å². The lowest BCUT2D eigenvalue weighted by Crippen LogP contribution is -2.15. The van der Waals surface area contributed by atoms with Crippen molar-refractivity contribution in [3.05, 3.63) is 66.0 Å². The first kappa shape index (κ1) is 16.3. The molecule has 0 aliphatic carbocycles. The van der Waals surface area contributed by atoms with Crippen molar-refractivity contribution in [2.75, 3.05) is 12.4 Å². The number of benzene rings is 2. The third-order valence-corrected chi connectivity index (χ3v) is 3.48. The average Bonchev–Trinajstić information content (AvgIpc) is 3.16. The van der Waals surface area contributed by atoms with Gasteiger partial charge in [-0.15, -0.1) is 5.10 Å². The van der Waals surface area contributed by atoms with Crippen molar-refractivity contribution in [2.24, 2.45) is 0 Å². The number of nitrogens with one attached hydrogen (secondary N) is 1. The Hall–Kier alpha value is -3.55. The van der Waals surface area contributed by atoms with Gasteiger partial charge in [0.05, 0.1) is 24.8 Å². The number of aromatic nitrogens is 4. The molecule has 0 saturated heterocycles. The lowest BCUT2D eigenvalue weighted by Gasteiger charge is -2.07. The number of esters is 1. The summed E-state index contributed by atoms with van der Waals surface area (Å²) in [4.78, 5) is 23.7. The first-order chi connectivity index (χ1) is 12.2. The van der Waals surface area contributed by atoms with Crippen molar-refractivity contribution in [3.8, 4) is 5.69 Å². The highest BCUT2D eigenvalue weighted by Crippen LogP contribution is 2.13. The van der Waals surface area contributed by atoms with Gasteiger partial charge in [0.1, 0.15) is 6.33 Å². The van der Waals surface area contributed by atoms with Crippen LogP contribution >= 0.6 is 0 Å². The first-order valence-corrected chi connectivity index (χ1v) is 7.46. The normalized spacial score (nSPS) is 10.3. The Labute approximate surface area is 143 Å². The molecule has 126 valence electrons. The van der Waals surface area contributed by atoms with Crippen molar-refractivity contribution >= 4 is 17.6 Å². The molecule has 3 rings (SSSR count). The minimum absolute atomic E-state index is 0.183. The predicted octanol–water partition coefficient (Wildman–Crippen LogP) is 1.63. The summed E-state index contributed by atoms with van der Waals surface area (Å²) in [6, 6.07) is 13.9. The van der Waals surface area contributed by atoms with E-state index in [0.29, 0.717) is 11.3 Å². The molecule has 2 aromatic carbocycles. The molecule has 1 heterocycles. The Balaban J connectivity index is 1.64. The van der Waals surface area contributed by atoms with Gasteiger partial charge in [0.2, 0.25) is 5.91 Å². The summed E-state index contributed by atoms with van der Waals surface area (Å²) in [5, 5.41) is 13.7. The van der Waals surface area contributed by atoms with Crippen LogP contribution in [0.5, 0.6) is 0 Å². The Morgan fingerprint density at radius 1 is 1.16 bits per heavy atom. The third kappa shape index (κ3) is 4.05. The minimum Gasteiger partial charge on any atom is -0.465 e. The van der Waals surface area contributed by atoms with Gasteiger partial charge in [-0.3, -0.25) is 4.79 Å². The average molecular weight is 337 g/mol. The molecule has 8 nitrogen and oxygen atoms in total. The van der Waals surface area contributed by atoms with E-state index in [1.54, 1.807) is 24.3 Å². The maximum Gasteiger partial charge on any atom is 0.337 e. The summed E-state index contributed by atoms with van der Waals surface area (Å²) in [7, 11) is 1.31. The number of carbonyl (C=O) groups excluding carboxylic acids is 2. The van der Waals surface area contributed by atoms with Crippen molar-refractivity contribution in [1.82, 2.24) is 20.2 Å². The van der Waals surface area contributed by atoms with Gasteiger partial charge in [-0.25, -0.2) is 9.48 Å². The molecule has 25 heavy (non-hydrogen) atoms. The highest BCUT2D eigenvalue weighted by Gasteiger charge is 2.09. The second-order valence-electron chi connectivity index (χ2n) is 5.22. The number of tetrazole rings is 1. The number of amides is 1. The predicted molar refractivity (Wildman–Crippen MR) is 89.3 cm³/mol. The van der Waals surface area contributed by atoms with Crippen molar-refractivity contribution < 1.29 is 14.3 Å². The molecule has 1 N–H and O–H groups in total. The fraction of sp³-hybridized carbons (Fsp3) is 0.118. The van der Waals surface area contributed by atoms with E-state index in [1.807, 2.05) is 24.3 Å². The second-order valence-corrected chi connectivity index (χ2v) is 5.22. The number of anilines is 1. The molecular weight excluding hydrogens is 322 g/mol. The number of hydrogen-bond donors (Lipinski definition) is 1. The molecular formula is C17H15N5O3. The third-order valence-electron chi connectivity index (χ3n) is 3.48. The molecule has 3 aromatic rings. The van der Waals surface area contributed by atoms with Gasteiger partial charge >= 0.3 is 5.97 Å². The Kier molecular flexibility index (Phi) is 4.79. The Morgan fingerprint density at radius 3 is 2.64 bits per heavy atom. The molecule has 1 amide bonds. The molecule has 1 aromatic heterocycles. The zero-order valence-electron chi connectivity index (χ0n) is 13.4. The number of rotatable bonds is 5. The van der Waals surface area contributed by atoms with E-state index in [9.17, 15) is 9.59 Å². The zero-order chi connectivity index (χ0) is 17.6. The van der Waals surface area contributed by atoms with E-state index < -0.39 is 5.97 Å². The van der Waals surface area contributed by atoms with Crippen LogP contribution in [-0.2, 0) is 16.0 Å². The van der Waals surface area contributed by atoms with Gasteiger partial charge in [-0.1, -0.05) is 18.2 Å². The van der Waals surface area contributed by atoms with Gasteiger partial charge in [0.25, 0.3) is 0 Å². The molecule has 0 aliphatic heterocycles. The molecule has 0 unspecified atom stereocenters. The largest absolute Gasteiger partial charge is 0.465 e. The maximum absolute atomic E-state index is 12.2. The summed E-state index contributed by atoms with van der Waals surface area (Å²) in [5.74, 6) is -0.633. The Bertz CT molecular complexity index is 876. The Morgan fingerprint density at radius 2 is 1.96 bits per heavy atom. The number of hydrogen-bond acceptors (Lipinski definition) is 6. The van der Waals surface area contributed by atoms with Crippen LogP contribution in [0.3, 0.4) is 0 Å². The molecule has 0 atom stereocenters. The fourth-order valence-corrected chi connectivity index (χ4v) is 2.28. The van der Waals surface area contributed by atoms with E-state index in [4.69, 9.17) is 0 Å². The molecule has 0 bridgehead atoms. The molecule has 0 saturated carbocycles. The fourth-order valence-electron chi connectivity index (χ4n) is 2.28. The lowest BCUT2D eigenvalue weighted by atomic mass is 10.1. The highest BCUT2D eigenvalue weighted by molar-refractivity contribution is 5.95. The highest BCUT2D eigenvalue weighted by atomic mass is 16.5. The van der Waals surface area contributed by atoms with Gasteiger partial charge in [0, 0.05) is 5.69 Å². The van der Waals surface area contributed by atoms with Crippen LogP contribution in [0, 0.1) is 0 Å². The second kappa shape index (κ2) is 7.35. The van der Waals surface area contributed by atoms with Crippen molar-refractivity contribution in [1.29, 1.82) is 0 Å². The molecule has 8 heteroatoms. The van der Waals surface area contributed by atoms with Crippen LogP contribution in [0.2, 0.25) is 0 Å². The van der Waals surface area contributed by atoms with Crippen LogP contribution in [0.25, 0.3) is 5.69 Å². The van der Waals surface area contributed by atoms with Crippen LogP contribution in [0.1, 0.15) is 15.9 Å². The van der Waals surface area contributed by atoms with E-state index >= 15 is 0 Å². The smallest absolute Gasteiger partial charge is 0.337 e. The lowest BCUT2D eigenvalue weighted by molar-refractivity contribution is -0.115. The summed E-state index contributed by atoms with van der Waals surface area (Å²) in [5.41, 5.74) is 2.57. The standard InChI is InChI=1S/C17H15N5O3/c1-25-17(24)13-3-2-4-14(10-13)19-16(23)9-12-5-7-15(8-6-12)22-11-18-20-21-22/h2-8,10-11H,9H2,1H3,(H,19,23). The van der Waals surface area contributed by atoms with E-state index in [0.717, 1.165) is 11.3 Å². The van der Waals surface area contributed by atoms with E-state index in [1.165, 1.54) is 18.1 Å². The van der Waals surface area contributed by atoms with Crippen LogP contribution in [-0.4, -0.2) is 39.2 Å².